The summed E-state index contributed by atoms with van der Waals surface area (Å²) in [5.41, 5.74) is 4.15. The van der Waals surface area contributed by atoms with Crippen molar-refractivity contribution in [2.24, 2.45) is 0 Å². The Bertz CT molecular complexity index is 512. The molecule has 2 aromatic rings. The molecule has 3 rings (SSSR count). The van der Waals surface area contributed by atoms with Crippen molar-refractivity contribution in [3.05, 3.63) is 28.5 Å². The van der Waals surface area contributed by atoms with Gasteiger partial charge in [0.05, 0.1) is 16.9 Å². The number of aryl methyl sites for hydroxylation is 3. The topological polar surface area (TPSA) is 42.7 Å². The molecule has 0 bridgehead atoms. The highest BCUT2D eigenvalue weighted by molar-refractivity contribution is 7.07. The number of hydrogen-bond acceptors (Lipinski definition) is 4. The third-order valence-electron chi connectivity index (χ3n) is 3.68. The normalized spacial score (nSPS) is 16.1. The first kappa shape index (κ1) is 12.7. The van der Waals surface area contributed by atoms with Crippen LogP contribution >= 0.6 is 11.3 Å². The second-order valence-electron chi connectivity index (χ2n) is 5.25. The van der Waals surface area contributed by atoms with Crippen LogP contribution in [0.1, 0.15) is 37.1 Å². The molecule has 1 saturated carbocycles. The van der Waals surface area contributed by atoms with Crippen LogP contribution in [0.4, 0.5) is 5.95 Å². The van der Waals surface area contributed by atoms with Gasteiger partial charge in [-0.2, -0.15) is 0 Å². The van der Waals surface area contributed by atoms with Crippen LogP contribution in [0.5, 0.6) is 0 Å². The van der Waals surface area contributed by atoms with Gasteiger partial charge in [0.2, 0.25) is 5.95 Å². The van der Waals surface area contributed by atoms with Crippen LogP contribution in [-0.2, 0) is 13.0 Å². The van der Waals surface area contributed by atoms with Gasteiger partial charge >= 0.3 is 0 Å². The molecule has 1 fully saturated rings. The summed E-state index contributed by atoms with van der Waals surface area (Å²) in [5, 5.41) is 5.71. The van der Waals surface area contributed by atoms with E-state index in [0.29, 0.717) is 6.04 Å². The minimum Gasteiger partial charge on any atom is -0.353 e. The summed E-state index contributed by atoms with van der Waals surface area (Å²) in [6, 6.07) is 0.611. The quantitative estimate of drug-likeness (QED) is 0.911. The molecule has 5 heteroatoms. The largest absolute Gasteiger partial charge is 0.353 e. The van der Waals surface area contributed by atoms with Crippen molar-refractivity contribution in [3.8, 4) is 0 Å². The molecule has 0 aromatic carbocycles. The fourth-order valence-corrected chi connectivity index (χ4v) is 3.27. The van der Waals surface area contributed by atoms with E-state index in [4.69, 9.17) is 0 Å². The first-order chi connectivity index (χ1) is 9.31. The van der Waals surface area contributed by atoms with E-state index in [1.807, 2.05) is 5.51 Å². The minimum atomic E-state index is 0.611. The lowest BCUT2D eigenvalue weighted by Crippen LogP contribution is -2.18. The van der Waals surface area contributed by atoms with Gasteiger partial charge in [-0.25, -0.2) is 9.97 Å². The van der Waals surface area contributed by atoms with Crippen LogP contribution in [0.25, 0.3) is 0 Å². The highest BCUT2D eigenvalue weighted by Crippen LogP contribution is 2.22. The summed E-state index contributed by atoms with van der Waals surface area (Å²) in [7, 11) is 0. The highest BCUT2D eigenvalue weighted by Gasteiger charge is 2.17. The number of anilines is 1. The SMILES string of the molecule is Cc1cn(CCc2cscn2)c(NC2CCCC2)n1. The molecule has 0 aliphatic heterocycles. The number of nitrogens with one attached hydrogen (secondary N) is 1. The van der Waals surface area contributed by atoms with Gasteiger partial charge in [-0.15, -0.1) is 11.3 Å². The zero-order valence-electron chi connectivity index (χ0n) is 11.3. The fraction of sp³-hybridized carbons (Fsp3) is 0.571. The molecule has 1 aliphatic carbocycles. The van der Waals surface area contributed by atoms with Gasteiger partial charge in [-0.05, 0) is 19.8 Å². The Morgan fingerprint density at radius 3 is 3.00 bits per heavy atom. The number of aromatic nitrogens is 3. The van der Waals surface area contributed by atoms with Crippen LogP contribution in [0.3, 0.4) is 0 Å². The zero-order chi connectivity index (χ0) is 13.1. The Balaban J connectivity index is 1.66. The van der Waals surface area contributed by atoms with Gasteiger partial charge < -0.3 is 9.88 Å². The molecule has 0 spiro atoms. The van der Waals surface area contributed by atoms with Gasteiger partial charge in [0.15, 0.2) is 0 Å². The summed E-state index contributed by atoms with van der Waals surface area (Å²) in [6.45, 7) is 3.00. The van der Waals surface area contributed by atoms with E-state index in [2.05, 4.69) is 38.4 Å². The number of rotatable bonds is 5. The average Bonchev–Trinajstić information content (AvgIpc) is 3.10. The Kier molecular flexibility index (Phi) is 3.82. The van der Waals surface area contributed by atoms with Crippen LogP contribution in [0, 0.1) is 6.92 Å². The standard InChI is InChI=1S/C14H20N4S/c1-11-8-18(7-6-13-9-19-10-15-13)14(16-11)17-12-4-2-3-5-12/h8-10,12H,2-7H2,1H3,(H,16,17). The molecule has 2 heterocycles. The Hall–Kier alpha value is -1.36. The summed E-state index contributed by atoms with van der Waals surface area (Å²) in [4.78, 5) is 8.94. The first-order valence-electron chi connectivity index (χ1n) is 6.98. The van der Waals surface area contributed by atoms with Crippen LogP contribution in [0.15, 0.2) is 17.1 Å². The Labute approximate surface area is 117 Å². The van der Waals surface area contributed by atoms with E-state index >= 15 is 0 Å². The van der Waals surface area contributed by atoms with E-state index in [1.54, 1.807) is 11.3 Å². The summed E-state index contributed by atoms with van der Waals surface area (Å²) in [6.07, 6.45) is 8.34. The van der Waals surface area contributed by atoms with Gasteiger partial charge in [-0.1, -0.05) is 12.8 Å². The lowest BCUT2D eigenvalue weighted by Gasteiger charge is -2.14. The molecule has 0 unspecified atom stereocenters. The fourth-order valence-electron chi connectivity index (χ4n) is 2.68. The van der Waals surface area contributed by atoms with Gasteiger partial charge in [-0.3, -0.25) is 0 Å². The molecule has 1 N–H and O–H groups in total. The van der Waals surface area contributed by atoms with Crippen molar-refractivity contribution < 1.29 is 0 Å². The van der Waals surface area contributed by atoms with Crippen molar-refractivity contribution >= 4 is 17.3 Å². The van der Waals surface area contributed by atoms with E-state index in [9.17, 15) is 0 Å². The second kappa shape index (κ2) is 5.74. The van der Waals surface area contributed by atoms with Gasteiger partial charge in [0.1, 0.15) is 0 Å². The van der Waals surface area contributed by atoms with Crippen molar-refractivity contribution in [1.29, 1.82) is 0 Å². The predicted molar refractivity (Wildman–Crippen MR) is 78.7 cm³/mol. The average molecular weight is 276 g/mol. The molecule has 0 amide bonds. The molecular weight excluding hydrogens is 256 g/mol. The van der Waals surface area contributed by atoms with Crippen LogP contribution < -0.4 is 5.32 Å². The summed E-state index contributed by atoms with van der Waals surface area (Å²) in [5.74, 6) is 1.03. The number of imidazole rings is 1. The lowest BCUT2D eigenvalue weighted by molar-refractivity contribution is 0.668. The second-order valence-corrected chi connectivity index (χ2v) is 5.97. The number of nitrogens with zero attached hydrogens (tertiary/aromatic N) is 3. The third kappa shape index (κ3) is 3.15. The van der Waals surface area contributed by atoms with Crippen molar-refractivity contribution in [2.45, 2.75) is 51.6 Å². The van der Waals surface area contributed by atoms with Crippen molar-refractivity contribution in [3.63, 3.8) is 0 Å². The highest BCUT2D eigenvalue weighted by atomic mass is 32.1. The molecule has 2 aromatic heterocycles. The Morgan fingerprint density at radius 1 is 1.42 bits per heavy atom. The molecule has 1 aliphatic rings. The monoisotopic (exact) mass is 276 g/mol. The molecule has 0 radical (unpaired) electrons. The predicted octanol–water partition coefficient (Wildman–Crippen LogP) is 3.25. The van der Waals surface area contributed by atoms with Crippen LogP contribution in [-0.4, -0.2) is 20.6 Å². The zero-order valence-corrected chi connectivity index (χ0v) is 12.1. The molecule has 0 saturated heterocycles. The smallest absolute Gasteiger partial charge is 0.203 e. The van der Waals surface area contributed by atoms with E-state index in [1.165, 1.54) is 31.4 Å². The minimum absolute atomic E-state index is 0.611. The molecule has 0 atom stereocenters. The van der Waals surface area contributed by atoms with Gasteiger partial charge in [0.25, 0.3) is 0 Å². The first-order valence-corrected chi connectivity index (χ1v) is 7.93. The lowest BCUT2D eigenvalue weighted by atomic mass is 10.2. The number of hydrogen-bond donors (Lipinski definition) is 1. The van der Waals surface area contributed by atoms with Crippen LogP contribution in [0.2, 0.25) is 0 Å². The Morgan fingerprint density at radius 2 is 2.26 bits per heavy atom. The van der Waals surface area contributed by atoms with Gasteiger partial charge in [0, 0.05) is 30.6 Å². The summed E-state index contributed by atoms with van der Waals surface area (Å²) >= 11 is 1.66. The van der Waals surface area contributed by atoms with E-state index < -0.39 is 0 Å². The molecule has 19 heavy (non-hydrogen) atoms. The maximum absolute atomic E-state index is 4.61. The maximum Gasteiger partial charge on any atom is 0.203 e. The molecular formula is C14H20N4S. The van der Waals surface area contributed by atoms with Crippen molar-refractivity contribution in [2.75, 3.05) is 5.32 Å². The summed E-state index contributed by atoms with van der Waals surface area (Å²) < 4.78 is 2.23. The van der Waals surface area contributed by atoms with E-state index in [-0.39, 0.29) is 0 Å². The molecule has 4 nitrogen and oxygen atoms in total. The van der Waals surface area contributed by atoms with E-state index in [0.717, 1.165) is 24.6 Å². The van der Waals surface area contributed by atoms with Crippen molar-refractivity contribution in [1.82, 2.24) is 14.5 Å². The third-order valence-corrected chi connectivity index (χ3v) is 4.31. The number of thiazole rings is 1. The molecule has 102 valence electrons. The maximum atomic E-state index is 4.61.